The molecular weight excluding hydrogens is 292 g/mol. The summed E-state index contributed by atoms with van der Waals surface area (Å²) in [7, 11) is 0. The zero-order chi connectivity index (χ0) is 15.0. The molecule has 0 aliphatic carbocycles. The molecule has 0 spiro atoms. The summed E-state index contributed by atoms with van der Waals surface area (Å²) in [5.74, 6) is -0.577. The molecule has 0 bridgehead atoms. The third kappa shape index (κ3) is 2.14. The lowest BCUT2D eigenvalue weighted by atomic mass is 9.85. The van der Waals surface area contributed by atoms with Gasteiger partial charge in [-0.1, -0.05) is 23.7 Å². The number of nitrogens with one attached hydrogen (secondary N) is 1. The third-order valence-electron chi connectivity index (χ3n) is 3.23. The van der Waals surface area contributed by atoms with Gasteiger partial charge in [0, 0.05) is 5.02 Å². The number of ether oxygens (including phenoxy) is 1. The minimum Gasteiger partial charge on any atom is -0.422 e. The Kier molecular flexibility index (Phi) is 3.12. The molecule has 6 nitrogen and oxygen atoms in total. The number of aromatic nitrogens is 2. The second-order valence-electron chi connectivity index (χ2n) is 4.43. The van der Waals surface area contributed by atoms with Gasteiger partial charge >= 0.3 is 0 Å². The largest absolute Gasteiger partial charge is 0.422 e. The summed E-state index contributed by atoms with van der Waals surface area (Å²) in [5, 5.41) is 9.89. The van der Waals surface area contributed by atoms with Crippen LogP contribution in [0.4, 0.5) is 0 Å². The molecule has 0 amide bonds. The number of allylic oxidation sites excluding steroid dienone is 1. The molecule has 1 aliphatic heterocycles. The van der Waals surface area contributed by atoms with Crippen LogP contribution < -0.4 is 16.0 Å². The van der Waals surface area contributed by atoms with Gasteiger partial charge in [-0.25, -0.2) is 4.98 Å². The average molecular weight is 301 g/mol. The molecule has 0 radical (unpaired) electrons. The number of hydrogen-bond acceptors (Lipinski definition) is 5. The van der Waals surface area contributed by atoms with Crippen LogP contribution in [0, 0.1) is 11.3 Å². The molecule has 1 aromatic carbocycles. The molecule has 3 rings (SSSR count). The lowest BCUT2D eigenvalue weighted by Crippen LogP contribution is -2.28. The predicted octanol–water partition coefficient (Wildman–Crippen LogP) is 1.64. The first-order valence-electron chi connectivity index (χ1n) is 6.02. The molecule has 7 heteroatoms. The molecular formula is C14H9ClN4O2. The van der Waals surface area contributed by atoms with Crippen LogP contribution in [0.1, 0.15) is 17.0 Å². The van der Waals surface area contributed by atoms with Crippen LogP contribution in [-0.2, 0) is 0 Å². The number of halogens is 1. The second kappa shape index (κ2) is 4.96. The molecule has 0 saturated carbocycles. The van der Waals surface area contributed by atoms with Gasteiger partial charge in [0.25, 0.3) is 5.56 Å². The van der Waals surface area contributed by atoms with Crippen molar-refractivity contribution in [3.05, 3.63) is 68.6 Å². The van der Waals surface area contributed by atoms with Gasteiger partial charge in [-0.05, 0) is 17.7 Å². The topological polar surface area (TPSA) is 105 Å². The first kappa shape index (κ1) is 13.2. The zero-order valence-corrected chi connectivity index (χ0v) is 11.4. The molecule has 1 atom stereocenters. The van der Waals surface area contributed by atoms with E-state index in [2.05, 4.69) is 9.97 Å². The molecule has 2 heterocycles. The fourth-order valence-corrected chi connectivity index (χ4v) is 2.41. The lowest BCUT2D eigenvalue weighted by molar-refractivity contribution is 0.375. The van der Waals surface area contributed by atoms with Crippen molar-refractivity contribution >= 4 is 11.6 Å². The van der Waals surface area contributed by atoms with Crippen LogP contribution in [0.2, 0.25) is 5.02 Å². The van der Waals surface area contributed by atoms with Crippen molar-refractivity contribution in [3.8, 4) is 11.9 Å². The van der Waals surface area contributed by atoms with Gasteiger partial charge < -0.3 is 15.5 Å². The Labute approximate surface area is 124 Å². The van der Waals surface area contributed by atoms with Gasteiger partial charge in [-0.2, -0.15) is 5.26 Å². The summed E-state index contributed by atoms with van der Waals surface area (Å²) in [6.45, 7) is 0. The Morgan fingerprint density at radius 2 is 2.10 bits per heavy atom. The van der Waals surface area contributed by atoms with Crippen molar-refractivity contribution in [2.75, 3.05) is 0 Å². The molecule has 3 N–H and O–H groups in total. The van der Waals surface area contributed by atoms with Crippen LogP contribution >= 0.6 is 11.6 Å². The molecule has 21 heavy (non-hydrogen) atoms. The molecule has 0 saturated heterocycles. The van der Waals surface area contributed by atoms with E-state index in [1.54, 1.807) is 24.3 Å². The highest BCUT2D eigenvalue weighted by molar-refractivity contribution is 6.30. The van der Waals surface area contributed by atoms with Crippen molar-refractivity contribution in [2.45, 2.75) is 5.92 Å². The van der Waals surface area contributed by atoms with Gasteiger partial charge in [-0.15, -0.1) is 0 Å². The predicted molar refractivity (Wildman–Crippen MR) is 75.6 cm³/mol. The molecule has 0 unspecified atom stereocenters. The lowest BCUT2D eigenvalue weighted by Gasteiger charge is -2.24. The van der Waals surface area contributed by atoms with Gasteiger partial charge in [0.2, 0.25) is 11.8 Å². The number of fused-ring (bicyclic) bond motifs is 1. The Morgan fingerprint density at radius 1 is 1.38 bits per heavy atom. The second-order valence-corrected chi connectivity index (χ2v) is 4.86. The van der Waals surface area contributed by atoms with E-state index in [1.807, 2.05) is 6.07 Å². The Bertz CT molecular complexity index is 833. The van der Waals surface area contributed by atoms with Crippen LogP contribution in [0.3, 0.4) is 0 Å². The van der Waals surface area contributed by atoms with Gasteiger partial charge in [0.05, 0.1) is 17.8 Å². The number of H-pyrrole nitrogens is 1. The SMILES string of the molecule is N#CC1=C(N)Oc2nc[nH]c(=O)c2[C@@H]1c1ccc(Cl)cc1. The summed E-state index contributed by atoms with van der Waals surface area (Å²) in [6, 6.07) is 8.84. The van der Waals surface area contributed by atoms with E-state index in [1.165, 1.54) is 6.33 Å². The fraction of sp³-hybridized carbons (Fsp3) is 0.0714. The van der Waals surface area contributed by atoms with Crippen LogP contribution in [0.15, 0.2) is 46.8 Å². The molecule has 1 aliphatic rings. The highest BCUT2D eigenvalue weighted by atomic mass is 35.5. The number of aromatic amines is 1. The zero-order valence-electron chi connectivity index (χ0n) is 10.6. The first-order chi connectivity index (χ1) is 10.1. The third-order valence-corrected chi connectivity index (χ3v) is 3.48. The van der Waals surface area contributed by atoms with E-state index in [0.29, 0.717) is 10.6 Å². The molecule has 0 fully saturated rings. The minimum atomic E-state index is -0.631. The van der Waals surface area contributed by atoms with E-state index in [-0.39, 0.29) is 28.5 Å². The summed E-state index contributed by atoms with van der Waals surface area (Å²) in [4.78, 5) is 18.6. The summed E-state index contributed by atoms with van der Waals surface area (Å²) in [5.41, 5.74) is 6.53. The quantitative estimate of drug-likeness (QED) is 0.833. The average Bonchev–Trinajstić information content (AvgIpc) is 2.47. The van der Waals surface area contributed by atoms with E-state index in [4.69, 9.17) is 22.1 Å². The van der Waals surface area contributed by atoms with Crippen molar-refractivity contribution in [2.24, 2.45) is 5.73 Å². The van der Waals surface area contributed by atoms with E-state index < -0.39 is 5.92 Å². The monoisotopic (exact) mass is 300 g/mol. The smallest absolute Gasteiger partial charge is 0.258 e. The maximum absolute atomic E-state index is 12.1. The molecule has 104 valence electrons. The minimum absolute atomic E-state index is 0.0527. The summed E-state index contributed by atoms with van der Waals surface area (Å²) in [6.07, 6.45) is 1.23. The number of nitrogens with zero attached hydrogens (tertiary/aromatic N) is 2. The number of nitriles is 1. The summed E-state index contributed by atoms with van der Waals surface area (Å²) < 4.78 is 5.27. The highest BCUT2D eigenvalue weighted by Crippen LogP contribution is 2.38. The standard InChI is InChI=1S/C14H9ClN4O2/c15-8-3-1-7(2-4-8)10-9(5-16)12(17)21-14-11(10)13(20)18-6-19-14/h1-4,6,10H,17H2,(H,18,19,20)/t10-/m1/s1. The number of nitrogens with two attached hydrogens (primary N) is 1. The fourth-order valence-electron chi connectivity index (χ4n) is 2.28. The van der Waals surface area contributed by atoms with E-state index in [9.17, 15) is 10.1 Å². The maximum Gasteiger partial charge on any atom is 0.258 e. The van der Waals surface area contributed by atoms with Crippen molar-refractivity contribution < 1.29 is 4.74 Å². The van der Waals surface area contributed by atoms with Gasteiger partial charge in [0.15, 0.2) is 0 Å². The van der Waals surface area contributed by atoms with Gasteiger partial charge in [0.1, 0.15) is 11.6 Å². The Hall–Kier alpha value is -2.78. The van der Waals surface area contributed by atoms with Gasteiger partial charge in [-0.3, -0.25) is 4.79 Å². The molecule has 1 aromatic heterocycles. The van der Waals surface area contributed by atoms with Crippen LogP contribution in [0.5, 0.6) is 5.88 Å². The van der Waals surface area contributed by atoms with Crippen molar-refractivity contribution in [1.82, 2.24) is 9.97 Å². The molecule has 2 aromatic rings. The van der Waals surface area contributed by atoms with E-state index >= 15 is 0 Å². The van der Waals surface area contributed by atoms with Crippen molar-refractivity contribution in [3.63, 3.8) is 0 Å². The number of hydrogen-bond donors (Lipinski definition) is 2. The number of benzene rings is 1. The van der Waals surface area contributed by atoms with E-state index in [0.717, 1.165) is 0 Å². The normalized spacial score (nSPS) is 16.9. The number of rotatable bonds is 1. The van der Waals surface area contributed by atoms with Crippen LogP contribution in [-0.4, -0.2) is 9.97 Å². The Balaban J connectivity index is 2.28. The summed E-state index contributed by atoms with van der Waals surface area (Å²) >= 11 is 5.87. The van der Waals surface area contributed by atoms with Crippen molar-refractivity contribution in [1.29, 1.82) is 5.26 Å². The highest BCUT2D eigenvalue weighted by Gasteiger charge is 2.33. The van der Waals surface area contributed by atoms with Crippen LogP contribution in [0.25, 0.3) is 0 Å². The first-order valence-corrected chi connectivity index (χ1v) is 6.40. The maximum atomic E-state index is 12.1. The Morgan fingerprint density at radius 3 is 2.76 bits per heavy atom.